The highest BCUT2D eigenvalue weighted by molar-refractivity contribution is 5.95. The van der Waals surface area contributed by atoms with E-state index in [1.165, 1.54) is 5.56 Å². The van der Waals surface area contributed by atoms with Gasteiger partial charge in [0.2, 0.25) is 5.91 Å². The van der Waals surface area contributed by atoms with Crippen LogP contribution < -0.4 is 5.32 Å². The number of benzene rings is 2. The maximum absolute atomic E-state index is 12.3. The average Bonchev–Trinajstić information content (AvgIpc) is 2.62. The van der Waals surface area contributed by atoms with Gasteiger partial charge >= 0.3 is 5.97 Å². The Hall–Kier alpha value is -2.62. The standard InChI is InChI=1S/C22H27NO3/c1-5-26-22(25)19-10-6-16(4)20(14-19)23-21(24)13-9-17-7-11-18(12-8-17)15(2)3/h6-8,10-12,14-15H,5,9,13H2,1-4H3,(H,23,24). The molecule has 0 radical (unpaired) electrons. The zero-order valence-electron chi connectivity index (χ0n) is 16.0. The topological polar surface area (TPSA) is 55.4 Å². The molecule has 0 aromatic heterocycles. The van der Waals surface area contributed by atoms with Crippen LogP contribution in [0.5, 0.6) is 0 Å². The van der Waals surface area contributed by atoms with Crippen molar-refractivity contribution in [2.75, 3.05) is 11.9 Å². The molecule has 4 heteroatoms. The van der Waals surface area contributed by atoms with Crippen LogP contribution in [0, 0.1) is 6.92 Å². The molecule has 0 heterocycles. The summed E-state index contributed by atoms with van der Waals surface area (Å²) in [5.74, 6) is 0.0530. The average molecular weight is 353 g/mol. The number of hydrogen-bond donors (Lipinski definition) is 1. The summed E-state index contributed by atoms with van der Waals surface area (Å²) in [5, 5.41) is 2.90. The van der Waals surface area contributed by atoms with Gasteiger partial charge in [0, 0.05) is 12.1 Å². The van der Waals surface area contributed by atoms with Crippen molar-refractivity contribution in [2.24, 2.45) is 0 Å². The molecule has 1 amide bonds. The van der Waals surface area contributed by atoms with E-state index >= 15 is 0 Å². The summed E-state index contributed by atoms with van der Waals surface area (Å²) in [6, 6.07) is 13.6. The third-order valence-electron chi connectivity index (χ3n) is 4.31. The lowest BCUT2D eigenvalue weighted by Crippen LogP contribution is -2.14. The summed E-state index contributed by atoms with van der Waals surface area (Å²) in [6.07, 6.45) is 1.07. The Kier molecular flexibility index (Phi) is 6.96. The summed E-state index contributed by atoms with van der Waals surface area (Å²) in [4.78, 5) is 24.1. The second-order valence-corrected chi connectivity index (χ2v) is 6.69. The van der Waals surface area contributed by atoms with Crippen LogP contribution in [0.1, 0.15) is 60.2 Å². The Balaban J connectivity index is 1.96. The predicted octanol–water partition coefficient (Wildman–Crippen LogP) is 4.87. The van der Waals surface area contributed by atoms with Gasteiger partial charge in [-0.3, -0.25) is 4.79 Å². The van der Waals surface area contributed by atoms with Gasteiger partial charge in [-0.05, 0) is 55.0 Å². The Morgan fingerprint density at radius 2 is 1.77 bits per heavy atom. The molecule has 0 aliphatic heterocycles. The fourth-order valence-electron chi connectivity index (χ4n) is 2.64. The lowest BCUT2D eigenvalue weighted by Gasteiger charge is -2.11. The number of rotatable bonds is 7. The van der Waals surface area contributed by atoms with Crippen molar-refractivity contribution in [2.45, 2.75) is 46.5 Å². The summed E-state index contributed by atoms with van der Waals surface area (Å²) in [7, 11) is 0. The lowest BCUT2D eigenvalue weighted by molar-refractivity contribution is -0.116. The van der Waals surface area contributed by atoms with Crippen molar-refractivity contribution in [3.63, 3.8) is 0 Å². The number of carbonyl (C=O) groups is 2. The van der Waals surface area contributed by atoms with Crippen LogP contribution in [-0.4, -0.2) is 18.5 Å². The highest BCUT2D eigenvalue weighted by Crippen LogP contribution is 2.19. The van der Waals surface area contributed by atoms with Gasteiger partial charge in [0.15, 0.2) is 0 Å². The minimum Gasteiger partial charge on any atom is -0.462 e. The fraction of sp³-hybridized carbons (Fsp3) is 0.364. The van der Waals surface area contributed by atoms with Crippen LogP contribution in [0.2, 0.25) is 0 Å². The molecular formula is C22H27NO3. The number of hydrogen-bond acceptors (Lipinski definition) is 3. The van der Waals surface area contributed by atoms with Gasteiger partial charge in [0.25, 0.3) is 0 Å². The molecule has 0 saturated carbocycles. The van der Waals surface area contributed by atoms with Crippen molar-refractivity contribution in [3.8, 4) is 0 Å². The second-order valence-electron chi connectivity index (χ2n) is 6.69. The molecule has 1 N–H and O–H groups in total. The number of carbonyl (C=O) groups excluding carboxylic acids is 2. The summed E-state index contributed by atoms with van der Waals surface area (Å²) in [6.45, 7) is 8.31. The van der Waals surface area contributed by atoms with Crippen molar-refractivity contribution in [1.82, 2.24) is 0 Å². The van der Waals surface area contributed by atoms with Crippen LogP contribution in [0.15, 0.2) is 42.5 Å². The Labute approximate surface area is 155 Å². The van der Waals surface area contributed by atoms with Gasteiger partial charge in [-0.25, -0.2) is 4.79 Å². The van der Waals surface area contributed by atoms with E-state index in [9.17, 15) is 9.59 Å². The molecule has 4 nitrogen and oxygen atoms in total. The molecule has 0 fully saturated rings. The monoisotopic (exact) mass is 353 g/mol. The van der Waals surface area contributed by atoms with Crippen molar-refractivity contribution < 1.29 is 14.3 Å². The first kappa shape index (κ1) is 19.7. The molecule has 0 atom stereocenters. The number of ether oxygens (including phenoxy) is 1. The first-order valence-corrected chi connectivity index (χ1v) is 9.07. The molecule has 0 unspecified atom stereocenters. The Morgan fingerprint density at radius 3 is 2.38 bits per heavy atom. The predicted molar refractivity (Wildman–Crippen MR) is 105 cm³/mol. The van der Waals surface area contributed by atoms with Crippen molar-refractivity contribution >= 4 is 17.6 Å². The molecule has 0 spiro atoms. The van der Waals surface area contributed by atoms with E-state index in [4.69, 9.17) is 4.74 Å². The molecule has 2 aromatic rings. The third kappa shape index (κ3) is 5.45. The fourth-order valence-corrected chi connectivity index (χ4v) is 2.64. The van der Waals surface area contributed by atoms with Gasteiger partial charge < -0.3 is 10.1 Å². The largest absolute Gasteiger partial charge is 0.462 e. The normalized spacial score (nSPS) is 10.7. The Morgan fingerprint density at radius 1 is 1.08 bits per heavy atom. The SMILES string of the molecule is CCOC(=O)c1ccc(C)c(NC(=O)CCc2ccc(C(C)C)cc2)c1. The van der Waals surface area contributed by atoms with Crippen LogP contribution in [0.3, 0.4) is 0 Å². The van der Waals surface area contributed by atoms with Crippen molar-refractivity contribution in [1.29, 1.82) is 0 Å². The molecule has 138 valence electrons. The number of amides is 1. The molecule has 2 rings (SSSR count). The maximum Gasteiger partial charge on any atom is 0.338 e. The van der Waals surface area contributed by atoms with E-state index in [1.807, 2.05) is 13.0 Å². The molecular weight excluding hydrogens is 326 g/mol. The third-order valence-corrected chi connectivity index (χ3v) is 4.31. The van der Waals surface area contributed by atoms with Gasteiger partial charge in [0.05, 0.1) is 12.2 Å². The van der Waals surface area contributed by atoms with E-state index < -0.39 is 0 Å². The first-order chi connectivity index (χ1) is 12.4. The minimum absolute atomic E-state index is 0.0676. The Bertz CT molecular complexity index is 763. The number of anilines is 1. The van der Waals surface area contributed by atoms with Crippen LogP contribution in [-0.2, 0) is 16.0 Å². The maximum atomic E-state index is 12.3. The van der Waals surface area contributed by atoms with E-state index in [0.29, 0.717) is 36.6 Å². The second kappa shape index (κ2) is 9.18. The summed E-state index contributed by atoms with van der Waals surface area (Å²) >= 11 is 0. The van der Waals surface area contributed by atoms with E-state index in [2.05, 4.69) is 43.4 Å². The highest BCUT2D eigenvalue weighted by atomic mass is 16.5. The number of nitrogens with one attached hydrogen (secondary N) is 1. The van der Waals surface area contributed by atoms with Crippen molar-refractivity contribution in [3.05, 3.63) is 64.7 Å². The quantitative estimate of drug-likeness (QED) is 0.723. The number of esters is 1. The number of aryl methyl sites for hydroxylation is 2. The molecule has 0 aliphatic rings. The highest BCUT2D eigenvalue weighted by Gasteiger charge is 2.11. The van der Waals surface area contributed by atoms with Gasteiger partial charge in [-0.2, -0.15) is 0 Å². The summed E-state index contributed by atoms with van der Waals surface area (Å²) in [5.41, 5.74) is 4.44. The lowest BCUT2D eigenvalue weighted by atomic mass is 10.0. The zero-order valence-corrected chi connectivity index (χ0v) is 16.0. The molecule has 0 aliphatic carbocycles. The van der Waals surface area contributed by atoms with Gasteiger partial charge in [-0.15, -0.1) is 0 Å². The van der Waals surface area contributed by atoms with Crippen LogP contribution >= 0.6 is 0 Å². The molecule has 0 bridgehead atoms. The van der Waals surface area contributed by atoms with E-state index in [1.54, 1.807) is 19.1 Å². The van der Waals surface area contributed by atoms with Gasteiger partial charge in [0.1, 0.15) is 0 Å². The van der Waals surface area contributed by atoms with E-state index in [-0.39, 0.29) is 11.9 Å². The molecule has 0 saturated heterocycles. The minimum atomic E-state index is -0.381. The van der Waals surface area contributed by atoms with Gasteiger partial charge in [-0.1, -0.05) is 44.2 Å². The van der Waals surface area contributed by atoms with Crippen LogP contribution in [0.25, 0.3) is 0 Å². The zero-order chi connectivity index (χ0) is 19.1. The smallest absolute Gasteiger partial charge is 0.338 e. The van der Waals surface area contributed by atoms with E-state index in [0.717, 1.165) is 11.1 Å². The molecule has 2 aromatic carbocycles. The molecule has 26 heavy (non-hydrogen) atoms. The first-order valence-electron chi connectivity index (χ1n) is 9.07. The van der Waals surface area contributed by atoms with Crippen LogP contribution in [0.4, 0.5) is 5.69 Å². The summed E-state index contributed by atoms with van der Waals surface area (Å²) < 4.78 is 5.01.